The summed E-state index contributed by atoms with van der Waals surface area (Å²) in [5.41, 5.74) is 0. The molecule has 0 saturated heterocycles. The third-order valence-corrected chi connectivity index (χ3v) is 3.88. The van der Waals surface area contributed by atoms with Crippen molar-refractivity contribution in [3.8, 4) is 0 Å². The Hall–Kier alpha value is -0.620. The van der Waals surface area contributed by atoms with Crippen LogP contribution in [0.5, 0.6) is 0 Å². The van der Waals surface area contributed by atoms with Crippen molar-refractivity contribution in [1.82, 2.24) is 0 Å². The van der Waals surface area contributed by atoms with Gasteiger partial charge in [0.25, 0.3) is 0 Å². The molecule has 0 heterocycles. The van der Waals surface area contributed by atoms with Gasteiger partial charge in [-0.05, 0) is 25.7 Å². The summed E-state index contributed by atoms with van der Waals surface area (Å²) in [6, 6.07) is 4.06. The predicted octanol–water partition coefficient (Wildman–Crippen LogP) is 4.22. The Balaban J connectivity index is 1.79. The highest BCUT2D eigenvalue weighted by Crippen LogP contribution is 2.21. The van der Waals surface area contributed by atoms with E-state index in [0.717, 1.165) is 0 Å². The molecule has 0 aromatic carbocycles. The van der Waals surface area contributed by atoms with Gasteiger partial charge < -0.3 is 0 Å². The summed E-state index contributed by atoms with van der Waals surface area (Å²) < 4.78 is 0. The van der Waals surface area contributed by atoms with Crippen molar-refractivity contribution in [2.75, 3.05) is 0 Å². The summed E-state index contributed by atoms with van der Waals surface area (Å²) in [5, 5.41) is 0. The minimum Gasteiger partial charge on any atom is -0.222 e. The van der Waals surface area contributed by atoms with Crippen molar-refractivity contribution in [2.24, 2.45) is 9.98 Å². The van der Waals surface area contributed by atoms with Gasteiger partial charge in [0.1, 0.15) is 0 Å². The lowest BCUT2D eigenvalue weighted by Gasteiger charge is -2.15. The molecule has 90 valence electrons. The zero-order valence-corrected chi connectivity index (χ0v) is 10.3. The summed E-state index contributed by atoms with van der Waals surface area (Å²) in [4.78, 5) is 9.01. The van der Waals surface area contributed by atoms with Crippen molar-refractivity contribution in [3.63, 3.8) is 0 Å². The molecule has 0 aromatic heterocycles. The Morgan fingerprint density at radius 2 is 0.938 bits per heavy atom. The van der Waals surface area contributed by atoms with Gasteiger partial charge in [0, 0.05) is 0 Å². The van der Waals surface area contributed by atoms with Crippen LogP contribution in [-0.4, -0.2) is 18.1 Å². The van der Waals surface area contributed by atoms with Gasteiger partial charge in [0.15, 0.2) is 0 Å². The molecule has 2 nitrogen and oxygen atoms in total. The van der Waals surface area contributed by atoms with Crippen LogP contribution in [0.25, 0.3) is 0 Å². The number of aliphatic imine (C=N–C) groups is 2. The molecule has 0 bridgehead atoms. The normalized spacial score (nSPS) is 24.5. The molecule has 2 fully saturated rings. The SMILES string of the molecule is C(=NC1CCCCCC1)=NC1CCCCC1. The number of nitrogens with zero attached hydrogens (tertiary/aromatic N) is 2. The first-order valence-electron chi connectivity index (χ1n) is 7.10. The van der Waals surface area contributed by atoms with Crippen molar-refractivity contribution >= 4 is 6.01 Å². The maximum Gasteiger partial charge on any atom is 0.0898 e. The van der Waals surface area contributed by atoms with E-state index in [9.17, 15) is 0 Å². The molecule has 0 unspecified atom stereocenters. The van der Waals surface area contributed by atoms with Crippen LogP contribution in [0.15, 0.2) is 9.98 Å². The quantitative estimate of drug-likeness (QED) is 0.492. The summed E-state index contributed by atoms with van der Waals surface area (Å²) in [7, 11) is 0. The minimum atomic E-state index is 0.523. The fraction of sp³-hybridized carbons (Fsp3) is 0.929. The van der Waals surface area contributed by atoms with E-state index in [1.165, 1.54) is 70.6 Å². The van der Waals surface area contributed by atoms with Crippen LogP contribution in [0.4, 0.5) is 0 Å². The van der Waals surface area contributed by atoms with Crippen LogP contribution < -0.4 is 0 Å². The third-order valence-electron chi connectivity index (χ3n) is 3.88. The van der Waals surface area contributed by atoms with Crippen LogP contribution in [0, 0.1) is 0 Å². The number of rotatable bonds is 2. The van der Waals surface area contributed by atoms with Crippen molar-refractivity contribution < 1.29 is 0 Å². The third kappa shape index (κ3) is 4.09. The van der Waals surface area contributed by atoms with Crippen LogP contribution in [0.3, 0.4) is 0 Å². The number of hydrogen-bond donors (Lipinski definition) is 0. The minimum absolute atomic E-state index is 0.523. The van der Waals surface area contributed by atoms with Gasteiger partial charge in [0.2, 0.25) is 0 Å². The fourth-order valence-electron chi connectivity index (χ4n) is 2.79. The van der Waals surface area contributed by atoms with Gasteiger partial charge in [-0.2, -0.15) is 0 Å². The van der Waals surface area contributed by atoms with Crippen molar-refractivity contribution in [1.29, 1.82) is 0 Å². The molecule has 2 aliphatic rings. The van der Waals surface area contributed by atoms with E-state index in [0.29, 0.717) is 12.1 Å². The van der Waals surface area contributed by atoms with Crippen LogP contribution in [0.1, 0.15) is 70.6 Å². The van der Waals surface area contributed by atoms with Gasteiger partial charge in [-0.25, -0.2) is 9.98 Å². The van der Waals surface area contributed by atoms with E-state index in [1.54, 1.807) is 0 Å². The Morgan fingerprint density at radius 1 is 0.562 bits per heavy atom. The van der Waals surface area contributed by atoms with Crippen LogP contribution in [-0.2, 0) is 0 Å². The van der Waals surface area contributed by atoms with E-state index < -0.39 is 0 Å². The topological polar surface area (TPSA) is 24.7 Å². The molecule has 0 N–H and O–H groups in total. The van der Waals surface area contributed by atoms with Gasteiger partial charge in [-0.15, -0.1) is 0 Å². The van der Waals surface area contributed by atoms with Gasteiger partial charge in [-0.3, -0.25) is 0 Å². The molecule has 0 radical (unpaired) electrons. The molecule has 0 spiro atoms. The maximum absolute atomic E-state index is 4.52. The van der Waals surface area contributed by atoms with E-state index in [4.69, 9.17) is 0 Å². The molecule has 2 saturated carbocycles. The molecule has 0 aromatic rings. The predicted molar refractivity (Wildman–Crippen MR) is 68.2 cm³/mol. The summed E-state index contributed by atoms with van der Waals surface area (Å²) in [6.07, 6.45) is 14.6. The van der Waals surface area contributed by atoms with Gasteiger partial charge in [-0.1, -0.05) is 44.9 Å². The highest BCUT2D eigenvalue weighted by atomic mass is 14.9. The van der Waals surface area contributed by atoms with Crippen molar-refractivity contribution in [3.05, 3.63) is 0 Å². The monoisotopic (exact) mass is 220 g/mol. The molecule has 2 heteroatoms. The lowest BCUT2D eigenvalue weighted by atomic mass is 9.96. The summed E-state index contributed by atoms with van der Waals surface area (Å²) in [6.45, 7) is 0. The second-order valence-corrected chi connectivity index (χ2v) is 5.30. The zero-order chi connectivity index (χ0) is 11.1. The Morgan fingerprint density at radius 3 is 1.38 bits per heavy atom. The standard InChI is InChI=1S/C14H24N2/c1-2-5-9-13(8-4-1)15-12-16-14-10-6-3-7-11-14/h13-14H,1-11H2. The molecular weight excluding hydrogens is 196 g/mol. The van der Waals surface area contributed by atoms with E-state index in [2.05, 4.69) is 16.0 Å². The van der Waals surface area contributed by atoms with E-state index >= 15 is 0 Å². The largest absolute Gasteiger partial charge is 0.222 e. The first kappa shape index (κ1) is 11.9. The van der Waals surface area contributed by atoms with Crippen molar-refractivity contribution in [2.45, 2.75) is 82.7 Å². The fourth-order valence-corrected chi connectivity index (χ4v) is 2.79. The first-order valence-corrected chi connectivity index (χ1v) is 7.10. The lowest BCUT2D eigenvalue weighted by Crippen LogP contribution is -2.09. The van der Waals surface area contributed by atoms with E-state index in [-0.39, 0.29) is 0 Å². The average molecular weight is 220 g/mol. The van der Waals surface area contributed by atoms with E-state index in [1.807, 2.05) is 0 Å². The lowest BCUT2D eigenvalue weighted by molar-refractivity contribution is 0.444. The highest BCUT2D eigenvalue weighted by Gasteiger charge is 2.12. The van der Waals surface area contributed by atoms with Crippen LogP contribution >= 0.6 is 0 Å². The Bertz CT molecular complexity index is 239. The second kappa shape index (κ2) is 6.85. The van der Waals surface area contributed by atoms with Gasteiger partial charge >= 0.3 is 0 Å². The summed E-state index contributed by atoms with van der Waals surface area (Å²) in [5.74, 6) is 0. The molecule has 16 heavy (non-hydrogen) atoms. The molecule has 0 aliphatic heterocycles. The maximum atomic E-state index is 4.52. The first-order chi connectivity index (χ1) is 7.95. The second-order valence-electron chi connectivity index (χ2n) is 5.30. The zero-order valence-electron chi connectivity index (χ0n) is 10.3. The Labute approximate surface area is 99.3 Å². The molecule has 0 atom stereocenters. The summed E-state index contributed by atoms with van der Waals surface area (Å²) >= 11 is 0. The molecule has 2 rings (SSSR count). The van der Waals surface area contributed by atoms with Gasteiger partial charge in [0.05, 0.1) is 18.1 Å². The molecule has 2 aliphatic carbocycles. The molecule has 0 amide bonds. The van der Waals surface area contributed by atoms with Crippen LogP contribution in [0.2, 0.25) is 0 Å². The Kier molecular flexibility index (Phi) is 5.08. The molecular formula is C14H24N2. The average Bonchev–Trinajstić information content (AvgIpc) is 2.59. The number of hydrogen-bond acceptors (Lipinski definition) is 2. The highest BCUT2D eigenvalue weighted by molar-refractivity contribution is 5.42. The smallest absolute Gasteiger partial charge is 0.0898 e.